The van der Waals surface area contributed by atoms with Gasteiger partial charge >= 0.3 is 6.03 Å². The summed E-state index contributed by atoms with van der Waals surface area (Å²) in [6.45, 7) is 7.22. The van der Waals surface area contributed by atoms with Crippen LogP contribution in [0.1, 0.15) is 27.7 Å². The Bertz CT molecular complexity index is 317. The molecule has 2 amide bonds. The Morgan fingerprint density at radius 3 is 2.13 bits per heavy atom. The second kappa shape index (κ2) is 4.83. The maximum absolute atomic E-state index is 11.3. The van der Waals surface area contributed by atoms with Gasteiger partial charge in [-0.05, 0) is 27.7 Å². The zero-order chi connectivity index (χ0) is 12.3. The Morgan fingerprint density at radius 2 is 1.80 bits per heavy atom. The van der Waals surface area contributed by atoms with E-state index < -0.39 is 9.84 Å². The van der Waals surface area contributed by atoms with Gasteiger partial charge in [-0.2, -0.15) is 0 Å². The topological polar surface area (TPSA) is 75.3 Å². The van der Waals surface area contributed by atoms with E-state index in [4.69, 9.17) is 0 Å². The van der Waals surface area contributed by atoms with Gasteiger partial charge in [-0.1, -0.05) is 0 Å². The first-order valence-corrected chi connectivity index (χ1v) is 6.82. The van der Waals surface area contributed by atoms with Crippen molar-refractivity contribution in [2.75, 3.05) is 12.0 Å². The zero-order valence-corrected chi connectivity index (χ0v) is 10.7. The Kier molecular flexibility index (Phi) is 4.58. The molecule has 0 bridgehead atoms. The molecule has 0 saturated heterocycles. The zero-order valence-electron chi connectivity index (χ0n) is 9.92. The van der Waals surface area contributed by atoms with Crippen LogP contribution in [0.5, 0.6) is 0 Å². The molecule has 0 aromatic rings. The summed E-state index contributed by atoms with van der Waals surface area (Å²) in [5, 5.41) is 5.25. The van der Waals surface area contributed by atoms with Gasteiger partial charge in [0.15, 0.2) is 0 Å². The van der Waals surface area contributed by atoms with Crippen molar-refractivity contribution in [1.82, 2.24) is 10.6 Å². The lowest BCUT2D eigenvalue weighted by molar-refractivity contribution is 0.230. The lowest BCUT2D eigenvalue weighted by atomic mass is 10.1. The number of amides is 2. The average molecular weight is 236 g/mol. The van der Waals surface area contributed by atoms with E-state index in [-0.39, 0.29) is 23.4 Å². The Hall–Kier alpha value is -0.780. The number of nitrogens with one attached hydrogen (secondary N) is 2. The van der Waals surface area contributed by atoms with Crippen LogP contribution in [0.4, 0.5) is 4.79 Å². The van der Waals surface area contributed by atoms with Crippen LogP contribution in [-0.2, 0) is 9.84 Å². The number of carbonyl (C=O) groups excluding carboxylic acids is 1. The third kappa shape index (κ3) is 9.52. The Labute approximate surface area is 91.5 Å². The summed E-state index contributed by atoms with van der Waals surface area (Å²) < 4.78 is 21.9. The molecule has 15 heavy (non-hydrogen) atoms. The summed E-state index contributed by atoms with van der Waals surface area (Å²) >= 11 is 0. The lowest BCUT2D eigenvalue weighted by Crippen LogP contribution is -2.50. The molecule has 0 rings (SSSR count). The molecule has 1 unspecified atom stereocenters. The Morgan fingerprint density at radius 1 is 1.33 bits per heavy atom. The molecule has 1 atom stereocenters. The smallest absolute Gasteiger partial charge is 0.315 e. The fraction of sp³-hybridized carbons (Fsp3) is 0.889. The molecule has 0 aromatic heterocycles. The largest absolute Gasteiger partial charge is 0.335 e. The van der Waals surface area contributed by atoms with Crippen LogP contribution in [0.2, 0.25) is 0 Å². The van der Waals surface area contributed by atoms with E-state index in [0.29, 0.717) is 0 Å². The van der Waals surface area contributed by atoms with Gasteiger partial charge in [-0.3, -0.25) is 0 Å². The van der Waals surface area contributed by atoms with Crippen LogP contribution >= 0.6 is 0 Å². The normalized spacial score (nSPS) is 14.5. The maximum Gasteiger partial charge on any atom is 0.315 e. The van der Waals surface area contributed by atoms with Crippen molar-refractivity contribution >= 4 is 15.9 Å². The standard InChI is InChI=1S/C9H20N2O3S/c1-7(6-15(5,13)14)10-8(12)11-9(2,3)4/h7H,6H2,1-5H3,(H2,10,11,12). The van der Waals surface area contributed by atoms with Crippen molar-refractivity contribution in [2.45, 2.75) is 39.3 Å². The van der Waals surface area contributed by atoms with Gasteiger partial charge in [0.05, 0.1) is 5.75 Å². The average Bonchev–Trinajstić information content (AvgIpc) is 1.73. The van der Waals surface area contributed by atoms with Gasteiger partial charge in [-0.25, -0.2) is 13.2 Å². The second-order valence-corrected chi connectivity index (χ2v) is 7.03. The molecule has 0 aliphatic heterocycles. The van der Waals surface area contributed by atoms with Crippen LogP contribution in [0.15, 0.2) is 0 Å². The van der Waals surface area contributed by atoms with Crippen molar-refractivity contribution in [2.24, 2.45) is 0 Å². The van der Waals surface area contributed by atoms with E-state index in [1.165, 1.54) is 0 Å². The molecular formula is C9H20N2O3S. The monoisotopic (exact) mass is 236 g/mol. The molecular weight excluding hydrogens is 216 g/mol. The summed E-state index contributed by atoms with van der Waals surface area (Å²) in [6.07, 6.45) is 1.15. The van der Waals surface area contributed by atoms with E-state index in [1.807, 2.05) is 20.8 Å². The van der Waals surface area contributed by atoms with Crippen LogP contribution in [-0.4, -0.2) is 38.0 Å². The van der Waals surface area contributed by atoms with Crippen LogP contribution in [0.25, 0.3) is 0 Å². The number of urea groups is 1. The van der Waals surface area contributed by atoms with Crippen molar-refractivity contribution in [3.05, 3.63) is 0 Å². The molecule has 0 fully saturated rings. The van der Waals surface area contributed by atoms with Gasteiger partial charge in [0.1, 0.15) is 9.84 Å². The SMILES string of the molecule is CC(CS(C)(=O)=O)NC(=O)NC(C)(C)C. The second-order valence-electron chi connectivity index (χ2n) is 4.84. The summed E-state index contributed by atoms with van der Waals surface area (Å²) in [4.78, 5) is 11.3. The Balaban J connectivity index is 4.09. The van der Waals surface area contributed by atoms with Crippen molar-refractivity contribution in [3.63, 3.8) is 0 Å². The van der Waals surface area contributed by atoms with Gasteiger partial charge in [0, 0.05) is 17.8 Å². The predicted molar refractivity (Wildman–Crippen MR) is 60.6 cm³/mol. The van der Waals surface area contributed by atoms with Crippen molar-refractivity contribution in [3.8, 4) is 0 Å². The summed E-state index contributed by atoms with van der Waals surface area (Å²) in [5.41, 5.74) is -0.325. The van der Waals surface area contributed by atoms with Gasteiger partial charge in [0.2, 0.25) is 0 Å². The summed E-state index contributed by atoms with van der Waals surface area (Å²) in [6, 6.07) is -0.735. The number of hydrogen-bond donors (Lipinski definition) is 2. The van der Waals surface area contributed by atoms with Crippen LogP contribution in [0.3, 0.4) is 0 Å². The highest BCUT2D eigenvalue weighted by Gasteiger charge is 2.17. The molecule has 0 saturated carbocycles. The predicted octanol–water partition coefficient (Wildman–Crippen LogP) is 0.517. The van der Waals surface area contributed by atoms with Crippen molar-refractivity contribution < 1.29 is 13.2 Å². The minimum Gasteiger partial charge on any atom is -0.335 e. The molecule has 0 radical (unpaired) electrons. The first-order chi connectivity index (χ1) is 6.49. The quantitative estimate of drug-likeness (QED) is 0.750. The minimum atomic E-state index is -3.06. The lowest BCUT2D eigenvalue weighted by Gasteiger charge is -2.22. The van der Waals surface area contributed by atoms with Gasteiger partial charge < -0.3 is 10.6 Å². The van der Waals surface area contributed by atoms with Gasteiger partial charge in [-0.15, -0.1) is 0 Å². The molecule has 0 aliphatic rings. The molecule has 6 heteroatoms. The first-order valence-electron chi connectivity index (χ1n) is 4.76. The minimum absolute atomic E-state index is 0.0510. The third-order valence-corrected chi connectivity index (χ3v) is 2.52. The molecule has 0 aliphatic carbocycles. The van der Waals surface area contributed by atoms with E-state index in [9.17, 15) is 13.2 Å². The first kappa shape index (κ1) is 14.2. The summed E-state index contributed by atoms with van der Waals surface area (Å²) in [7, 11) is -3.06. The van der Waals surface area contributed by atoms with Gasteiger partial charge in [0.25, 0.3) is 0 Å². The van der Waals surface area contributed by atoms with E-state index in [0.717, 1.165) is 6.26 Å². The van der Waals surface area contributed by atoms with Crippen LogP contribution < -0.4 is 10.6 Å². The van der Waals surface area contributed by atoms with Crippen LogP contribution in [0, 0.1) is 0 Å². The molecule has 0 aromatic carbocycles. The highest BCUT2D eigenvalue weighted by Crippen LogP contribution is 1.98. The van der Waals surface area contributed by atoms with E-state index in [1.54, 1.807) is 6.92 Å². The number of carbonyl (C=O) groups is 1. The highest BCUT2D eigenvalue weighted by atomic mass is 32.2. The van der Waals surface area contributed by atoms with E-state index in [2.05, 4.69) is 10.6 Å². The fourth-order valence-electron chi connectivity index (χ4n) is 1.10. The molecule has 0 heterocycles. The number of rotatable bonds is 3. The molecule has 2 N–H and O–H groups in total. The third-order valence-electron chi connectivity index (χ3n) is 1.42. The molecule has 0 spiro atoms. The highest BCUT2D eigenvalue weighted by molar-refractivity contribution is 7.90. The molecule has 90 valence electrons. The maximum atomic E-state index is 11.3. The van der Waals surface area contributed by atoms with Crippen molar-refractivity contribution in [1.29, 1.82) is 0 Å². The number of sulfone groups is 1. The fourth-order valence-corrected chi connectivity index (χ4v) is 2.09. The van der Waals surface area contributed by atoms with E-state index >= 15 is 0 Å². The number of hydrogen-bond acceptors (Lipinski definition) is 3. The summed E-state index contributed by atoms with van der Waals surface area (Å²) in [5.74, 6) is -0.0510. The molecule has 5 nitrogen and oxygen atoms in total.